The van der Waals surface area contributed by atoms with Crippen molar-refractivity contribution in [3.05, 3.63) is 40.3 Å². The number of imide groups is 1. The van der Waals surface area contributed by atoms with Gasteiger partial charge in [0.2, 0.25) is 0 Å². The van der Waals surface area contributed by atoms with Gasteiger partial charge in [0.15, 0.2) is 0 Å². The van der Waals surface area contributed by atoms with Crippen LogP contribution in [-0.2, 0) is 11.0 Å². The maximum Gasteiger partial charge on any atom is 0.416 e. The van der Waals surface area contributed by atoms with E-state index in [9.17, 15) is 22.8 Å². The van der Waals surface area contributed by atoms with Crippen LogP contribution in [0.2, 0.25) is 0 Å². The van der Waals surface area contributed by atoms with E-state index in [1.807, 2.05) is 5.32 Å². The van der Waals surface area contributed by atoms with Crippen molar-refractivity contribution in [1.29, 1.82) is 0 Å². The normalized spacial score (nSPS) is 18.3. The van der Waals surface area contributed by atoms with Crippen LogP contribution in [0.5, 0.6) is 0 Å². The first kappa shape index (κ1) is 12.7. The van der Waals surface area contributed by atoms with Gasteiger partial charge in [-0.1, -0.05) is 18.2 Å². The summed E-state index contributed by atoms with van der Waals surface area (Å²) in [6.07, 6.45) is -3.44. The van der Waals surface area contributed by atoms with Gasteiger partial charge in [-0.2, -0.15) is 13.2 Å². The summed E-state index contributed by atoms with van der Waals surface area (Å²) in [7, 11) is 0. The molecule has 0 saturated carbocycles. The van der Waals surface area contributed by atoms with E-state index >= 15 is 0 Å². The monoisotopic (exact) mass is 273 g/mol. The zero-order valence-electron chi connectivity index (χ0n) is 8.75. The smallest absolute Gasteiger partial charge is 0.282 e. The van der Waals surface area contributed by atoms with Crippen LogP contribution in [0.25, 0.3) is 6.08 Å². The number of hydrogen-bond acceptors (Lipinski definition) is 3. The summed E-state index contributed by atoms with van der Waals surface area (Å²) in [5.74, 6) is -0.679. The minimum Gasteiger partial charge on any atom is -0.282 e. The molecule has 1 fully saturated rings. The van der Waals surface area contributed by atoms with Crippen LogP contribution in [0.3, 0.4) is 0 Å². The fourth-order valence-electron chi connectivity index (χ4n) is 1.44. The van der Waals surface area contributed by atoms with Gasteiger partial charge in [-0.25, -0.2) is 0 Å². The highest BCUT2D eigenvalue weighted by Gasteiger charge is 2.33. The van der Waals surface area contributed by atoms with E-state index in [1.54, 1.807) is 0 Å². The lowest BCUT2D eigenvalue weighted by Crippen LogP contribution is -2.18. The molecule has 1 aliphatic rings. The zero-order chi connectivity index (χ0) is 13.3. The van der Waals surface area contributed by atoms with Crippen molar-refractivity contribution in [3.63, 3.8) is 0 Å². The summed E-state index contributed by atoms with van der Waals surface area (Å²) in [5, 5.41) is 1.39. The number of carbonyl (C=O) groups excluding carboxylic acids is 2. The second-order valence-electron chi connectivity index (χ2n) is 3.44. The summed E-state index contributed by atoms with van der Waals surface area (Å²) < 4.78 is 38.1. The van der Waals surface area contributed by atoms with Gasteiger partial charge in [0.05, 0.1) is 10.5 Å². The Bertz CT molecular complexity index is 551. The minimum atomic E-state index is -4.50. The molecule has 0 radical (unpaired) electrons. The molecule has 0 unspecified atom stereocenters. The Morgan fingerprint density at radius 3 is 2.39 bits per heavy atom. The van der Waals surface area contributed by atoms with Crippen molar-refractivity contribution in [2.75, 3.05) is 0 Å². The predicted octanol–water partition coefficient (Wildman–Crippen LogP) is 3.03. The Hall–Kier alpha value is -1.76. The second-order valence-corrected chi connectivity index (χ2v) is 4.45. The molecule has 1 aromatic carbocycles. The number of halogens is 3. The number of nitrogens with one attached hydrogen (secondary N) is 1. The van der Waals surface area contributed by atoms with Crippen molar-refractivity contribution in [1.82, 2.24) is 5.32 Å². The molecule has 2 rings (SSSR count). The molecule has 3 nitrogen and oxygen atoms in total. The average Bonchev–Trinajstić information content (AvgIpc) is 2.57. The fraction of sp³-hybridized carbons (Fsp3) is 0.0909. The molecule has 0 aromatic heterocycles. The zero-order valence-corrected chi connectivity index (χ0v) is 9.56. The quantitative estimate of drug-likeness (QED) is 0.800. The van der Waals surface area contributed by atoms with Gasteiger partial charge in [-0.15, -0.1) is 0 Å². The van der Waals surface area contributed by atoms with Crippen LogP contribution < -0.4 is 5.32 Å². The minimum absolute atomic E-state index is 0.0447. The van der Waals surface area contributed by atoms with E-state index < -0.39 is 22.9 Å². The summed E-state index contributed by atoms with van der Waals surface area (Å²) >= 11 is 0.582. The number of alkyl halides is 3. The molecule has 18 heavy (non-hydrogen) atoms. The molecule has 1 N–H and O–H groups in total. The maximum atomic E-state index is 12.7. The SMILES string of the molecule is O=C1NC(=O)C(=Cc2ccccc2C(F)(F)F)S1. The van der Waals surface area contributed by atoms with Gasteiger partial charge in [0.25, 0.3) is 11.1 Å². The van der Waals surface area contributed by atoms with Gasteiger partial charge < -0.3 is 0 Å². The van der Waals surface area contributed by atoms with Crippen LogP contribution in [0, 0.1) is 0 Å². The van der Waals surface area contributed by atoms with Crippen LogP contribution in [0.4, 0.5) is 18.0 Å². The van der Waals surface area contributed by atoms with E-state index in [4.69, 9.17) is 0 Å². The van der Waals surface area contributed by atoms with E-state index in [0.717, 1.165) is 12.1 Å². The Morgan fingerprint density at radius 2 is 1.83 bits per heavy atom. The first-order chi connectivity index (χ1) is 8.38. The molecule has 2 amide bonds. The van der Waals surface area contributed by atoms with Gasteiger partial charge >= 0.3 is 6.18 Å². The summed E-state index contributed by atoms with van der Waals surface area (Å²) in [6, 6.07) is 4.86. The number of thioether (sulfide) groups is 1. The molecule has 1 aromatic rings. The van der Waals surface area contributed by atoms with Crippen LogP contribution in [-0.4, -0.2) is 11.1 Å². The third-order valence-electron chi connectivity index (χ3n) is 2.19. The number of rotatable bonds is 1. The fourth-order valence-corrected chi connectivity index (χ4v) is 2.12. The van der Waals surface area contributed by atoms with Crippen LogP contribution in [0.15, 0.2) is 29.2 Å². The van der Waals surface area contributed by atoms with E-state index in [2.05, 4.69) is 0 Å². The lowest BCUT2D eigenvalue weighted by atomic mass is 10.1. The molecular formula is C11H6F3NO2S. The summed E-state index contributed by atoms with van der Waals surface area (Å²) in [5.41, 5.74) is -0.984. The van der Waals surface area contributed by atoms with E-state index in [1.165, 1.54) is 18.2 Å². The van der Waals surface area contributed by atoms with E-state index in [-0.39, 0.29) is 10.5 Å². The van der Waals surface area contributed by atoms with Gasteiger partial charge in [0, 0.05) is 0 Å². The highest BCUT2D eigenvalue weighted by Crippen LogP contribution is 2.34. The second kappa shape index (κ2) is 4.49. The molecule has 0 spiro atoms. The van der Waals surface area contributed by atoms with Crippen LogP contribution in [0.1, 0.15) is 11.1 Å². The number of hydrogen-bond donors (Lipinski definition) is 1. The first-order valence-corrected chi connectivity index (χ1v) is 5.60. The molecular weight excluding hydrogens is 267 g/mol. The van der Waals surface area contributed by atoms with Crippen molar-refractivity contribution in [3.8, 4) is 0 Å². The largest absolute Gasteiger partial charge is 0.416 e. The molecule has 1 aliphatic heterocycles. The predicted molar refractivity (Wildman–Crippen MR) is 60.6 cm³/mol. The molecule has 94 valence electrons. The first-order valence-electron chi connectivity index (χ1n) is 4.79. The molecule has 0 atom stereocenters. The van der Waals surface area contributed by atoms with E-state index in [0.29, 0.717) is 11.8 Å². The van der Waals surface area contributed by atoms with Crippen molar-refractivity contribution in [2.24, 2.45) is 0 Å². The third-order valence-corrected chi connectivity index (χ3v) is 3.01. The highest BCUT2D eigenvalue weighted by atomic mass is 32.2. The lowest BCUT2D eigenvalue weighted by Gasteiger charge is -2.09. The molecule has 0 aliphatic carbocycles. The van der Waals surface area contributed by atoms with Crippen molar-refractivity contribution in [2.45, 2.75) is 6.18 Å². The van der Waals surface area contributed by atoms with Gasteiger partial charge in [-0.3, -0.25) is 14.9 Å². The Kier molecular flexibility index (Phi) is 3.16. The van der Waals surface area contributed by atoms with Gasteiger partial charge in [-0.05, 0) is 29.5 Å². The average molecular weight is 273 g/mol. The Labute approximate surface area is 104 Å². The highest BCUT2D eigenvalue weighted by molar-refractivity contribution is 8.18. The molecule has 7 heteroatoms. The Morgan fingerprint density at radius 1 is 1.17 bits per heavy atom. The Balaban J connectivity index is 2.44. The summed E-state index contributed by atoms with van der Waals surface area (Å²) in [4.78, 5) is 22.1. The lowest BCUT2D eigenvalue weighted by molar-refractivity contribution is -0.137. The number of carbonyl (C=O) groups is 2. The maximum absolute atomic E-state index is 12.7. The number of benzene rings is 1. The molecule has 1 saturated heterocycles. The standard InChI is InChI=1S/C11H6F3NO2S/c12-11(13,14)7-4-2-1-3-6(7)5-8-9(16)15-10(17)18-8/h1-5H,(H,15,16,17). The number of amides is 2. The summed E-state index contributed by atoms with van der Waals surface area (Å²) in [6.45, 7) is 0. The van der Waals surface area contributed by atoms with Crippen LogP contribution >= 0.6 is 11.8 Å². The van der Waals surface area contributed by atoms with Gasteiger partial charge in [0.1, 0.15) is 0 Å². The van der Waals surface area contributed by atoms with Crippen molar-refractivity contribution >= 4 is 29.0 Å². The van der Waals surface area contributed by atoms with Crippen molar-refractivity contribution < 1.29 is 22.8 Å². The molecule has 1 heterocycles. The molecule has 0 bridgehead atoms. The third kappa shape index (κ3) is 2.56. The topological polar surface area (TPSA) is 46.2 Å².